The first-order valence-corrected chi connectivity index (χ1v) is 8.18. The molecule has 0 aliphatic heterocycles. The molecule has 0 unspecified atom stereocenters. The van der Waals surface area contributed by atoms with Crippen LogP contribution in [0.15, 0.2) is 42.5 Å². The van der Waals surface area contributed by atoms with Crippen LogP contribution in [-0.4, -0.2) is 21.9 Å². The van der Waals surface area contributed by atoms with E-state index in [1.807, 2.05) is 37.3 Å². The van der Waals surface area contributed by atoms with Gasteiger partial charge < -0.3 is 4.74 Å². The number of benzene rings is 1. The lowest BCUT2D eigenvalue weighted by molar-refractivity contribution is -0.118. The quantitative estimate of drug-likeness (QED) is 0.776. The fourth-order valence-corrected chi connectivity index (χ4v) is 3.21. The lowest BCUT2D eigenvalue weighted by atomic mass is 10.3. The molecular formula is C15H13N3O2S2. The van der Waals surface area contributed by atoms with Crippen LogP contribution in [0.4, 0.5) is 5.13 Å². The Balaban J connectivity index is 1.57. The fraction of sp³-hybridized carbons (Fsp3) is 0.133. The van der Waals surface area contributed by atoms with Gasteiger partial charge in [-0.2, -0.15) is 9.36 Å². The second-order valence-electron chi connectivity index (χ2n) is 4.48. The second-order valence-corrected chi connectivity index (χ2v) is 6.52. The number of para-hydroxylation sites is 1. The molecule has 3 aromatic rings. The van der Waals surface area contributed by atoms with Crippen LogP contribution in [0.1, 0.15) is 4.88 Å². The van der Waals surface area contributed by atoms with Crippen LogP contribution in [0.3, 0.4) is 0 Å². The van der Waals surface area contributed by atoms with Gasteiger partial charge in [0.05, 0.1) is 4.88 Å². The number of anilines is 1. The normalized spacial score (nSPS) is 10.4. The molecule has 2 heterocycles. The predicted molar refractivity (Wildman–Crippen MR) is 88.5 cm³/mol. The van der Waals surface area contributed by atoms with Crippen molar-refractivity contribution in [3.05, 3.63) is 47.3 Å². The summed E-state index contributed by atoms with van der Waals surface area (Å²) in [6, 6.07) is 13.2. The molecular weight excluding hydrogens is 318 g/mol. The molecule has 5 nitrogen and oxygen atoms in total. The number of aromatic nitrogens is 2. The maximum Gasteiger partial charge on any atom is 0.264 e. The van der Waals surface area contributed by atoms with Crippen LogP contribution in [0, 0.1) is 6.92 Å². The minimum atomic E-state index is -0.256. The van der Waals surface area contributed by atoms with Gasteiger partial charge in [-0.1, -0.05) is 18.2 Å². The summed E-state index contributed by atoms with van der Waals surface area (Å²) in [6.45, 7) is 1.97. The molecule has 7 heteroatoms. The van der Waals surface area contributed by atoms with E-state index in [2.05, 4.69) is 14.7 Å². The van der Waals surface area contributed by atoms with E-state index in [0.717, 1.165) is 16.4 Å². The molecule has 0 atom stereocenters. The van der Waals surface area contributed by atoms with Crippen molar-refractivity contribution in [1.29, 1.82) is 0 Å². The maximum atomic E-state index is 11.8. The zero-order chi connectivity index (χ0) is 15.4. The molecule has 0 saturated heterocycles. The van der Waals surface area contributed by atoms with Crippen LogP contribution in [0.2, 0.25) is 0 Å². The van der Waals surface area contributed by atoms with Crippen molar-refractivity contribution in [2.75, 3.05) is 11.9 Å². The van der Waals surface area contributed by atoms with E-state index in [1.165, 1.54) is 4.88 Å². The third-order valence-electron chi connectivity index (χ3n) is 2.75. The summed E-state index contributed by atoms with van der Waals surface area (Å²) < 4.78 is 9.64. The Bertz CT molecular complexity index is 768. The standard InChI is InChI=1S/C15H13N3O2S2/c1-10-7-8-12(21-10)14-17-15(22-18-14)16-13(19)9-20-11-5-3-2-4-6-11/h2-8H,9H2,1H3,(H,16,17,18,19). The van der Waals surface area contributed by atoms with Gasteiger partial charge in [-0.05, 0) is 31.2 Å². The molecule has 0 saturated carbocycles. The smallest absolute Gasteiger partial charge is 0.264 e. The molecule has 0 aliphatic rings. The Hall–Kier alpha value is -2.25. The second kappa shape index (κ2) is 6.67. The van der Waals surface area contributed by atoms with Gasteiger partial charge in [-0.3, -0.25) is 10.1 Å². The minimum absolute atomic E-state index is 0.0585. The summed E-state index contributed by atoms with van der Waals surface area (Å²) in [7, 11) is 0. The zero-order valence-electron chi connectivity index (χ0n) is 11.8. The number of rotatable bonds is 5. The highest BCUT2D eigenvalue weighted by Gasteiger charge is 2.11. The molecule has 0 radical (unpaired) electrons. The predicted octanol–water partition coefficient (Wildman–Crippen LogP) is 3.59. The summed E-state index contributed by atoms with van der Waals surface area (Å²) in [4.78, 5) is 18.4. The third kappa shape index (κ3) is 3.69. The van der Waals surface area contributed by atoms with E-state index in [0.29, 0.717) is 16.7 Å². The molecule has 1 amide bonds. The summed E-state index contributed by atoms with van der Waals surface area (Å²) in [6.07, 6.45) is 0. The van der Waals surface area contributed by atoms with Crippen molar-refractivity contribution in [2.45, 2.75) is 6.92 Å². The Morgan fingerprint density at radius 3 is 2.77 bits per heavy atom. The lowest BCUT2D eigenvalue weighted by Gasteiger charge is -2.04. The number of carbonyl (C=O) groups excluding carboxylic acids is 1. The highest BCUT2D eigenvalue weighted by molar-refractivity contribution is 7.15. The number of hydrogen-bond donors (Lipinski definition) is 1. The molecule has 2 aromatic heterocycles. The highest BCUT2D eigenvalue weighted by Crippen LogP contribution is 2.27. The fourth-order valence-electron chi connectivity index (χ4n) is 1.75. The molecule has 0 spiro atoms. The Morgan fingerprint density at radius 1 is 1.23 bits per heavy atom. The largest absolute Gasteiger partial charge is 0.484 e. The van der Waals surface area contributed by atoms with Crippen molar-refractivity contribution >= 4 is 33.9 Å². The number of thiophene rings is 1. The zero-order valence-corrected chi connectivity index (χ0v) is 13.4. The van der Waals surface area contributed by atoms with E-state index in [-0.39, 0.29) is 12.5 Å². The van der Waals surface area contributed by atoms with Crippen molar-refractivity contribution in [3.63, 3.8) is 0 Å². The van der Waals surface area contributed by atoms with Crippen molar-refractivity contribution in [3.8, 4) is 16.5 Å². The molecule has 112 valence electrons. The average Bonchev–Trinajstić information content (AvgIpc) is 3.15. The van der Waals surface area contributed by atoms with E-state index < -0.39 is 0 Å². The van der Waals surface area contributed by atoms with Crippen molar-refractivity contribution in [2.24, 2.45) is 0 Å². The lowest BCUT2D eigenvalue weighted by Crippen LogP contribution is -2.19. The van der Waals surface area contributed by atoms with Gasteiger partial charge in [0.15, 0.2) is 12.4 Å². The summed E-state index contributed by atoms with van der Waals surface area (Å²) in [5, 5.41) is 3.17. The number of carbonyl (C=O) groups is 1. The number of aryl methyl sites for hydroxylation is 1. The van der Waals surface area contributed by atoms with Gasteiger partial charge in [0.1, 0.15) is 5.75 Å². The van der Waals surface area contributed by atoms with E-state index in [9.17, 15) is 4.79 Å². The van der Waals surface area contributed by atoms with Crippen LogP contribution in [0.25, 0.3) is 10.7 Å². The number of nitrogens with one attached hydrogen (secondary N) is 1. The third-order valence-corrected chi connectivity index (χ3v) is 4.37. The average molecular weight is 331 g/mol. The maximum absolute atomic E-state index is 11.8. The first kappa shape index (κ1) is 14.7. The number of amides is 1. The van der Waals surface area contributed by atoms with Crippen LogP contribution in [-0.2, 0) is 4.79 Å². The highest BCUT2D eigenvalue weighted by atomic mass is 32.1. The van der Waals surface area contributed by atoms with Gasteiger partial charge in [0.25, 0.3) is 5.91 Å². The number of ether oxygens (including phenoxy) is 1. The van der Waals surface area contributed by atoms with E-state index >= 15 is 0 Å². The van der Waals surface area contributed by atoms with E-state index in [1.54, 1.807) is 23.5 Å². The molecule has 0 fully saturated rings. The summed E-state index contributed by atoms with van der Waals surface area (Å²) in [5.41, 5.74) is 0. The minimum Gasteiger partial charge on any atom is -0.484 e. The monoisotopic (exact) mass is 331 g/mol. The SMILES string of the molecule is Cc1ccc(-c2nsc(NC(=O)COc3ccccc3)n2)s1. The Kier molecular flexibility index (Phi) is 4.45. The van der Waals surface area contributed by atoms with E-state index in [4.69, 9.17) is 4.74 Å². The summed E-state index contributed by atoms with van der Waals surface area (Å²) in [5.74, 6) is 1.04. The van der Waals surface area contributed by atoms with Gasteiger partial charge >= 0.3 is 0 Å². The molecule has 22 heavy (non-hydrogen) atoms. The number of hydrogen-bond acceptors (Lipinski definition) is 6. The Labute approximate surface area is 135 Å². The number of nitrogens with zero attached hydrogens (tertiary/aromatic N) is 2. The van der Waals surface area contributed by atoms with Crippen molar-refractivity contribution in [1.82, 2.24) is 9.36 Å². The van der Waals surface area contributed by atoms with Crippen LogP contribution in [0.5, 0.6) is 5.75 Å². The first-order chi connectivity index (χ1) is 10.7. The topological polar surface area (TPSA) is 64.1 Å². The van der Waals surface area contributed by atoms with Gasteiger partial charge in [0.2, 0.25) is 5.13 Å². The molecule has 1 aromatic carbocycles. The van der Waals surface area contributed by atoms with Gasteiger partial charge in [-0.25, -0.2) is 0 Å². The first-order valence-electron chi connectivity index (χ1n) is 6.59. The van der Waals surface area contributed by atoms with Crippen LogP contribution >= 0.6 is 22.9 Å². The van der Waals surface area contributed by atoms with Gasteiger partial charge in [0, 0.05) is 16.4 Å². The summed E-state index contributed by atoms with van der Waals surface area (Å²) >= 11 is 2.79. The molecule has 1 N–H and O–H groups in total. The molecule has 0 bridgehead atoms. The Morgan fingerprint density at radius 2 is 2.05 bits per heavy atom. The van der Waals surface area contributed by atoms with Crippen LogP contribution < -0.4 is 10.1 Å². The molecule has 0 aliphatic carbocycles. The molecule has 3 rings (SSSR count). The van der Waals surface area contributed by atoms with Gasteiger partial charge in [-0.15, -0.1) is 11.3 Å². The van der Waals surface area contributed by atoms with Crippen molar-refractivity contribution < 1.29 is 9.53 Å².